The number of hydrogen-bond acceptors (Lipinski definition) is 8. The van der Waals surface area contributed by atoms with Gasteiger partial charge in [0.25, 0.3) is 5.89 Å². The maximum absolute atomic E-state index is 9.59. The number of thiophene rings is 1. The van der Waals surface area contributed by atoms with Gasteiger partial charge in [0, 0.05) is 6.07 Å². The van der Waals surface area contributed by atoms with Crippen molar-refractivity contribution in [3.05, 3.63) is 23.6 Å². The predicted octanol–water partition coefficient (Wildman–Crippen LogP) is 1.97. The van der Waals surface area contributed by atoms with Crippen molar-refractivity contribution in [3.8, 4) is 33.9 Å². The lowest BCUT2D eigenvalue weighted by atomic mass is 10.3. The van der Waals surface area contributed by atoms with Crippen molar-refractivity contribution in [1.29, 1.82) is 0 Å². The maximum atomic E-state index is 9.59. The van der Waals surface area contributed by atoms with E-state index in [0.29, 0.717) is 22.3 Å². The molecule has 0 fully saturated rings. The SMILES string of the molecule is COc1ccc(-c2noc(-c3sccc3O)n2)nn1. The van der Waals surface area contributed by atoms with Crippen LogP contribution in [-0.4, -0.2) is 32.6 Å². The minimum Gasteiger partial charge on any atom is -0.506 e. The lowest BCUT2D eigenvalue weighted by Crippen LogP contribution is -1.92. The Bertz CT molecular complexity index is 692. The Morgan fingerprint density at radius 1 is 1.26 bits per heavy atom. The van der Waals surface area contributed by atoms with Gasteiger partial charge in [-0.3, -0.25) is 0 Å². The van der Waals surface area contributed by atoms with E-state index >= 15 is 0 Å². The molecule has 7 nitrogen and oxygen atoms in total. The van der Waals surface area contributed by atoms with Crippen LogP contribution in [0, 0.1) is 0 Å². The molecule has 0 aliphatic heterocycles. The summed E-state index contributed by atoms with van der Waals surface area (Å²) in [6.45, 7) is 0. The highest BCUT2D eigenvalue weighted by Gasteiger charge is 2.16. The van der Waals surface area contributed by atoms with Gasteiger partial charge in [-0.1, -0.05) is 5.16 Å². The first kappa shape index (κ1) is 11.6. The standard InChI is InChI=1S/C11H8N4O3S/c1-17-8-3-2-6(13-14-8)10-12-11(18-15-10)9-7(16)4-5-19-9/h2-5,16H,1H3. The molecule has 0 spiro atoms. The lowest BCUT2D eigenvalue weighted by molar-refractivity contribution is 0.392. The molecule has 0 saturated heterocycles. The van der Waals surface area contributed by atoms with Crippen molar-refractivity contribution >= 4 is 11.3 Å². The maximum Gasteiger partial charge on any atom is 0.272 e. The fraction of sp³-hybridized carbons (Fsp3) is 0.0909. The van der Waals surface area contributed by atoms with Gasteiger partial charge in [-0.05, 0) is 17.5 Å². The fourth-order valence-electron chi connectivity index (χ4n) is 1.43. The van der Waals surface area contributed by atoms with E-state index in [1.807, 2.05) is 0 Å². The van der Waals surface area contributed by atoms with Crippen LogP contribution in [0.5, 0.6) is 11.6 Å². The van der Waals surface area contributed by atoms with Gasteiger partial charge in [0.15, 0.2) is 0 Å². The van der Waals surface area contributed by atoms with Gasteiger partial charge in [-0.25, -0.2) is 0 Å². The molecule has 0 bridgehead atoms. The van der Waals surface area contributed by atoms with Crippen LogP contribution >= 0.6 is 11.3 Å². The van der Waals surface area contributed by atoms with Crippen LogP contribution in [0.25, 0.3) is 22.3 Å². The largest absolute Gasteiger partial charge is 0.506 e. The smallest absolute Gasteiger partial charge is 0.272 e. The Labute approximate surface area is 111 Å². The Hall–Kier alpha value is -2.48. The molecule has 3 aromatic rings. The van der Waals surface area contributed by atoms with E-state index < -0.39 is 0 Å². The highest BCUT2D eigenvalue weighted by Crippen LogP contribution is 2.33. The van der Waals surface area contributed by atoms with Crippen LogP contribution in [0.3, 0.4) is 0 Å². The fourth-order valence-corrected chi connectivity index (χ4v) is 2.14. The van der Waals surface area contributed by atoms with Crippen LogP contribution in [0.15, 0.2) is 28.1 Å². The molecule has 19 heavy (non-hydrogen) atoms. The summed E-state index contributed by atoms with van der Waals surface area (Å²) in [6, 6.07) is 4.90. The second-order valence-electron chi connectivity index (χ2n) is 3.52. The quantitative estimate of drug-likeness (QED) is 0.781. The third-order valence-electron chi connectivity index (χ3n) is 2.34. The summed E-state index contributed by atoms with van der Waals surface area (Å²) in [6.07, 6.45) is 0. The van der Waals surface area contributed by atoms with E-state index in [9.17, 15) is 5.11 Å². The zero-order valence-electron chi connectivity index (χ0n) is 9.77. The molecule has 0 radical (unpaired) electrons. The Balaban J connectivity index is 1.94. The van der Waals surface area contributed by atoms with Crippen molar-refractivity contribution in [2.24, 2.45) is 0 Å². The zero-order chi connectivity index (χ0) is 13.2. The zero-order valence-corrected chi connectivity index (χ0v) is 10.6. The van der Waals surface area contributed by atoms with Crippen LogP contribution in [0.4, 0.5) is 0 Å². The van der Waals surface area contributed by atoms with E-state index in [4.69, 9.17) is 9.26 Å². The predicted molar refractivity (Wildman–Crippen MR) is 66.9 cm³/mol. The normalized spacial score (nSPS) is 10.6. The molecule has 0 aliphatic carbocycles. The van der Waals surface area contributed by atoms with Gasteiger partial charge < -0.3 is 14.4 Å². The van der Waals surface area contributed by atoms with E-state index in [0.717, 1.165) is 0 Å². The number of ether oxygens (including phenoxy) is 1. The van der Waals surface area contributed by atoms with E-state index in [1.165, 1.54) is 18.4 Å². The molecule has 0 aliphatic rings. The second-order valence-corrected chi connectivity index (χ2v) is 4.44. The topological polar surface area (TPSA) is 94.2 Å². The van der Waals surface area contributed by atoms with Gasteiger partial charge in [0.05, 0.1) is 7.11 Å². The summed E-state index contributed by atoms with van der Waals surface area (Å²) < 4.78 is 10.0. The molecule has 96 valence electrons. The minimum absolute atomic E-state index is 0.112. The van der Waals surface area contributed by atoms with Crippen molar-refractivity contribution < 1.29 is 14.4 Å². The Morgan fingerprint density at radius 2 is 2.16 bits per heavy atom. The first-order chi connectivity index (χ1) is 9.28. The summed E-state index contributed by atoms with van der Waals surface area (Å²) in [5.74, 6) is 1.07. The molecule has 0 aromatic carbocycles. The molecule has 0 unspecified atom stereocenters. The van der Waals surface area contributed by atoms with Gasteiger partial charge in [-0.15, -0.1) is 21.5 Å². The molecule has 0 amide bonds. The molecule has 1 N–H and O–H groups in total. The number of rotatable bonds is 3. The van der Waals surface area contributed by atoms with E-state index in [1.54, 1.807) is 23.6 Å². The first-order valence-corrected chi connectivity index (χ1v) is 6.14. The van der Waals surface area contributed by atoms with E-state index in [-0.39, 0.29) is 11.6 Å². The average Bonchev–Trinajstić information content (AvgIpc) is 3.07. The van der Waals surface area contributed by atoms with Crippen molar-refractivity contribution in [1.82, 2.24) is 20.3 Å². The molecule has 0 atom stereocenters. The van der Waals surface area contributed by atoms with Crippen LogP contribution in [-0.2, 0) is 0 Å². The summed E-state index contributed by atoms with van der Waals surface area (Å²) in [5, 5.41) is 22.9. The number of aromatic hydroxyl groups is 1. The molecule has 3 aromatic heterocycles. The molecule has 3 heterocycles. The van der Waals surface area contributed by atoms with Crippen LogP contribution < -0.4 is 4.74 Å². The summed E-state index contributed by atoms with van der Waals surface area (Å²) in [7, 11) is 1.51. The minimum atomic E-state index is 0.112. The number of methoxy groups -OCH3 is 1. The van der Waals surface area contributed by atoms with Gasteiger partial charge in [0.1, 0.15) is 16.3 Å². The van der Waals surface area contributed by atoms with Gasteiger partial charge in [0.2, 0.25) is 11.7 Å². The molecule has 8 heteroatoms. The monoisotopic (exact) mass is 276 g/mol. The third kappa shape index (κ3) is 2.13. The van der Waals surface area contributed by atoms with Crippen LogP contribution in [0.2, 0.25) is 0 Å². The highest BCUT2D eigenvalue weighted by atomic mass is 32.1. The number of hydrogen-bond donors (Lipinski definition) is 1. The van der Waals surface area contributed by atoms with Gasteiger partial charge in [-0.2, -0.15) is 4.98 Å². The van der Waals surface area contributed by atoms with Crippen molar-refractivity contribution in [2.45, 2.75) is 0 Å². The molecule has 3 rings (SSSR count). The summed E-state index contributed by atoms with van der Waals surface area (Å²) >= 11 is 1.31. The van der Waals surface area contributed by atoms with E-state index in [2.05, 4.69) is 20.3 Å². The van der Waals surface area contributed by atoms with Crippen LogP contribution in [0.1, 0.15) is 0 Å². The Morgan fingerprint density at radius 3 is 2.79 bits per heavy atom. The third-order valence-corrected chi connectivity index (χ3v) is 3.23. The molecular formula is C11H8N4O3S. The molecular weight excluding hydrogens is 268 g/mol. The second kappa shape index (κ2) is 4.65. The van der Waals surface area contributed by atoms with Gasteiger partial charge >= 0.3 is 0 Å². The molecule has 0 saturated carbocycles. The van der Waals surface area contributed by atoms with Crippen molar-refractivity contribution in [2.75, 3.05) is 7.11 Å². The summed E-state index contributed by atoms with van der Waals surface area (Å²) in [4.78, 5) is 4.70. The van der Waals surface area contributed by atoms with Crippen molar-refractivity contribution in [3.63, 3.8) is 0 Å². The average molecular weight is 276 g/mol. The lowest BCUT2D eigenvalue weighted by Gasteiger charge is -1.96. The first-order valence-electron chi connectivity index (χ1n) is 5.26. The Kier molecular flexibility index (Phi) is 2.84. The number of nitrogens with zero attached hydrogens (tertiary/aromatic N) is 4. The highest BCUT2D eigenvalue weighted by molar-refractivity contribution is 7.13. The summed E-state index contributed by atoms with van der Waals surface area (Å²) in [5.41, 5.74) is 0.465. The number of aromatic nitrogens is 4.